The molecule has 1 aromatic heterocycles. The molecule has 0 atom stereocenters. The van der Waals surface area contributed by atoms with Gasteiger partial charge in [-0.3, -0.25) is 4.79 Å². The van der Waals surface area contributed by atoms with Crippen molar-refractivity contribution in [2.75, 3.05) is 7.11 Å². The molecule has 1 aromatic carbocycles. The first-order valence-electron chi connectivity index (χ1n) is 5.70. The molecule has 2 rings (SSSR count). The number of carbonyl (C=O) groups is 1. The molecule has 0 aliphatic heterocycles. The van der Waals surface area contributed by atoms with E-state index < -0.39 is 17.3 Å². The molecule has 0 aliphatic rings. The molecule has 0 fully saturated rings. The molecule has 0 aliphatic carbocycles. The zero-order chi connectivity index (χ0) is 14.0. The summed E-state index contributed by atoms with van der Waals surface area (Å²) in [6.07, 6.45) is 0.127. The van der Waals surface area contributed by atoms with Gasteiger partial charge in [0.2, 0.25) is 5.91 Å². The first-order chi connectivity index (χ1) is 9.08. The van der Waals surface area contributed by atoms with Gasteiger partial charge in [-0.1, -0.05) is 6.92 Å². The number of hydrogen-bond acceptors (Lipinski definition) is 4. The highest BCUT2D eigenvalue weighted by molar-refractivity contribution is 5.77. The van der Waals surface area contributed by atoms with Gasteiger partial charge in [-0.15, -0.1) is 0 Å². The summed E-state index contributed by atoms with van der Waals surface area (Å²) in [4.78, 5) is 35.2. The average molecular weight is 263 g/mol. The lowest BCUT2D eigenvalue weighted by Crippen LogP contribution is -2.30. The second kappa shape index (κ2) is 4.97. The highest BCUT2D eigenvalue weighted by atomic mass is 16.5. The van der Waals surface area contributed by atoms with E-state index in [1.54, 1.807) is 31.2 Å². The van der Waals surface area contributed by atoms with Crippen LogP contribution in [0.5, 0.6) is 5.75 Å². The minimum Gasteiger partial charge on any atom is -0.497 e. The maximum absolute atomic E-state index is 12.0. The van der Waals surface area contributed by atoms with Gasteiger partial charge in [0.1, 0.15) is 5.75 Å². The monoisotopic (exact) mass is 263 g/mol. The van der Waals surface area contributed by atoms with Crippen molar-refractivity contribution in [3.05, 3.63) is 45.2 Å². The van der Waals surface area contributed by atoms with Crippen LogP contribution in [0.15, 0.2) is 33.9 Å². The number of H-pyrrole nitrogens is 1. The maximum Gasteiger partial charge on any atom is 0.358 e. The predicted octanol–water partition coefficient (Wildman–Crippen LogP) is 0.386. The first kappa shape index (κ1) is 12.9. The molecule has 0 saturated carbocycles. The molecule has 0 unspecified atom stereocenters. The second-order valence-corrected chi connectivity index (χ2v) is 3.82. The molecule has 7 nitrogen and oxygen atoms in total. The molecule has 19 heavy (non-hydrogen) atoms. The average Bonchev–Trinajstić information content (AvgIpc) is 2.73. The van der Waals surface area contributed by atoms with Crippen LogP contribution >= 0.6 is 0 Å². The largest absolute Gasteiger partial charge is 0.497 e. The normalized spacial score (nSPS) is 10.4. The molecule has 100 valence electrons. The van der Waals surface area contributed by atoms with Crippen molar-refractivity contribution in [3.8, 4) is 11.4 Å². The number of aromatic nitrogens is 3. The summed E-state index contributed by atoms with van der Waals surface area (Å²) in [5.41, 5.74) is -0.992. The van der Waals surface area contributed by atoms with Crippen LogP contribution in [0.2, 0.25) is 0 Å². The molecule has 0 spiro atoms. The standard InChI is InChI=1S/C12H13N3O4/c1-3-10(16)15-12(18)14(11(17)13-15)8-4-6-9(19-2)7-5-8/h4-7H,3H2,1-2H3,(H,13,17). The zero-order valence-electron chi connectivity index (χ0n) is 10.5. The lowest BCUT2D eigenvalue weighted by molar-refractivity contribution is 0.0887. The fourth-order valence-corrected chi connectivity index (χ4v) is 1.67. The summed E-state index contributed by atoms with van der Waals surface area (Å²) in [6, 6.07) is 6.38. The van der Waals surface area contributed by atoms with Gasteiger partial charge in [-0.2, -0.15) is 4.68 Å². The predicted molar refractivity (Wildman–Crippen MR) is 68.1 cm³/mol. The third kappa shape index (κ3) is 2.22. The van der Waals surface area contributed by atoms with E-state index in [4.69, 9.17) is 4.74 Å². The molecule has 1 heterocycles. The number of hydrogen-bond donors (Lipinski definition) is 1. The smallest absolute Gasteiger partial charge is 0.358 e. The van der Waals surface area contributed by atoms with Gasteiger partial charge in [-0.05, 0) is 24.3 Å². The van der Waals surface area contributed by atoms with Crippen LogP contribution in [0, 0.1) is 0 Å². The van der Waals surface area contributed by atoms with Gasteiger partial charge < -0.3 is 4.74 Å². The van der Waals surface area contributed by atoms with E-state index in [1.165, 1.54) is 7.11 Å². The highest BCUT2D eigenvalue weighted by Gasteiger charge is 2.14. The summed E-state index contributed by atoms with van der Waals surface area (Å²) >= 11 is 0. The van der Waals surface area contributed by atoms with Crippen LogP contribution in [0.25, 0.3) is 5.69 Å². The Hall–Kier alpha value is -2.57. The van der Waals surface area contributed by atoms with Crippen LogP contribution in [0.4, 0.5) is 0 Å². The van der Waals surface area contributed by atoms with E-state index in [0.717, 1.165) is 4.57 Å². The number of nitrogens with zero attached hydrogens (tertiary/aromatic N) is 2. The number of benzene rings is 1. The number of aromatic amines is 1. The summed E-state index contributed by atoms with van der Waals surface area (Å²) in [6.45, 7) is 1.61. The fourth-order valence-electron chi connectivity index (χ4n) is 1.67. The van der Waals surface area contributed by atoms with E-state index in [9.17, 15) is 14.4 Å². The quantitative estimate of drug-likeness (QED) is 0.867. The Labute approximate surface area is 108 Å². The number of carbonyl (C=O) groups excluding carboxylic acids is 1. The third-order valence-corrected chi connectivity index (χ3v) is 2.68. The van der Waals surface area contributed by atoms with Gasteiger partial charge in [0.05, 0.1) is 12.8 Å². The van der Waals surface area contributed by atoms with Crippen LogP contribution in [-0.4, -0.2) is 27.4 Å². The summed E-state index contributed by atoms with van der Waals surface area (Å²) in [5.74, 6) is 0.145. The van der Waals surface area contributed by atoms with Crippen molar-refractivity contribution in [3.63, 3.8) is 0 Å². The SMILES string of the molecule is CCC(=O)n1[nH]c(=O)n(-c2ccc(OC)cc2)c1=O. The Kier molecular flexibility index (Phi) is 3.37. The van der Waals surface area contributed by atoms with Gasteiger partial charge in [0, 0.05) is 6.42 Å². The Morgan fingerprint density at radius 3 is 2.42 bits per heavy atom. The van der Waals surface area contributed by atoms with Crippen LogP contribution in [-0.2, 0) is 0 Å². The van der Waals surface area contributed by atoms with Crippen LogP contribution in [0.1, 0.15) is 18.1 Å². The first-order valence-corrected chi connectivity index (χ1v) is 5.70. The number of rotatable bonds is 3. The van der Waals surface area contributed by atoms with Crippen molar-refractivity contribution < 1.29 is 9.53 Å². The zero-order valence-corrected chi connectivity index (χ0v) is 10.5. The Balaban J connectivity index is 2.56. The number of methoxy groups -OCH3 is 1. The van der Waals surface area contributed by atoms with E-state index in [0.29, 0.717) is 16.1 Å². The van der Waals surface area contributed by atoms with Crippen LogP contribution in [0.3, 0.4) is 0 Å². The Bertz CT molecular complexity index is 706. The highest BCUT2D eigenvalue weighted by Crippen LogP contribution is 2.12. The molecule has 0 bridgehead atoms. The van der Waals surface area contributed by atoms with E-state index >= 15 is 0 Å². The van der Waals surface area contributed by atoms with Gasteiger partial charge in [-0.25, -0.2) is 19.3 Å². The second-order valence-electron chi connectivity index (χ2n) is 3.82. The van der Waals surface area contributed by atoms with E-state index in [1.807, 2.05) is 0 Å². The lowest BCUT2D eigenvalue weighted by Gasteiger charge is -2.01. The molecule has 0 radical (unpaired) electrons. The molecular weight excluding hydrogens is 250 g/mol. The molecule has 2 aromatic rings. The summed E-state index contributed by atoms with van der Waals surface area (Å²) < 4.78 is 6.60. The molecule has 7 heteroatoms. The summed E-state index contributed by atoms with van der Waals surface area (Å²) in [5, 5.41) is 2.22. The molecule has 0 amide bonds. The van der Waals surface area contributed by atoms with E-state index in [-0.39, 0.29) is 6.42 Å². The van der Waals surface area contributed by atoms with Gasteiger partial charge >= 0.3 is 11.4 Å². The fraction of sp³-hybridized carbons (Fsp3) is 0.250. The summed E-state index contributed by atoms with van der Waals surface area (Å²) in [7, 11) is 1.52. The van der Waals surface area contributed by atoms with Gasteiger partial charge in [0.15, 0.2) is 0 Å². The van der Waals surface area contributed by atoms with Crippen molar-refractivity contribution >= 4 is 5.91 Å². The minimum atomic E-state index is -0.706. The van der Waals surface area contributed by atoms with Gasteiger partial charge in [0.25, 0.3) is 0 Å². The van der Waals surface area contributed by atoms with Crippen molar-refractivity contribution in [1.82, 2.24) is 14.3 Å². The number of nitrogens with one attached hydrogen (secondary N) is 1. The molecule has 0 saturated heterocycles. The van der Waals surface area contributed by atoms with Crippen LogP contribution < -0.4 is 16.1 Å². The van der Waals surface area contributed by atoms with Crippen molar-refractivity contribution in [1.29, 1.82) is 0 Å². The topological polar surface area (TPSA) is 86.1 Å². The Morgan fingerprint density at radius 1 is 1.26 bits per heavy atom. The lowest BCUT2D eigenvalue weighted by atomic mass is 10.3. The Morgan fingerprint density at radius 2 is 1.89 bits per heavy atom. The molecule has 1 N–H and O–H groups in total. The maximum atomic E-state index is 12.0. The third-order valence-electron chi connectivity index (χ3n) is 2.68. The van der Waals surface area contributed by atoms with Crippen molar-refractivity contribution in [2.45, 2.75) is 13.3 Å². The number of ether oxygens (including phenoxy) is 1. The van der Waals surface area contributed by atoms with E-state index in [2.05, 4.69) is 5.10 Å². The van der Waals surface area contributed by atoms with Crippen molar-refractivity contribution in [2.24, 2.45) is 0 Å². The molecular formula is C12H13N3O4. The minimum absolute atomic E-state index is 0.127.